The molecule has 0 atom stereocenters. The zero-order valence-corrected chi connectivity index (χ0v) is 60.9. The molecule has 0 aliphatic rings. The van der Waals surface area contributed by atoms with E-state index in [-0.39, 0.29) is 33.4 Å². The Morgan fingerprint density at radius 3 is 0.706 bits per heavy atom. The van der Waals surface area contributed by atoms with Crippen molar-refractivity contribution in [3.05, 3.63) is 271 Å². The van der Waals surface area contributed by atoms with E-state index in [1.165, 1.54) is 0 Å². The highest BCUT2D eigenvalue weighted by molar-refractivity contribution is 9.11. The van der Waals surface area contributed by atoms with E-state index >= 15 is 0 Å². The first-order valence-electron chi connectivity index (χ1n) is 31.7. The molecule has 0 bridgehead atoms. The van der Waals surface area contributed by atoms with Gasteiger partial charge in [-0.05, 0) is 205 Å². The fourth-order valence-electron chi connectivity index (χ4n) is 16.2. The molecule has 12 aromatic carbocycles. The molecule has 18 nitrogen and oxygen atoms in total. The number of para-hydroxylation sites is 12. The van der Waals surface area contributed by atoms with Gasteiger partial charge in [-0.3, -0.25) is 55.2 Å². The lowest BCUT2D eigenvalue weighted by atomic mass is 9.96. The van der Waals surface area contributed by atoms with E-state index in [1.54, 1.807) is 32.5 Å². The van der Waals surface area contributed by atoms with Crippen molar-refractivity contribution in [1.82, 2.24) is 56.3 Å². The molecule has 0 fully saturated rings. The Hall–Kier alpha value is -10.9. The first-order chi connectivity index (χ1) is 49.6. The minimum atomic E-state index is -0.176. The molecular formula is C78H30Br6N12O6. The zero-order valence-electron chi connectivity index (χ0n) is 51.4. The molecule has 0 radical (unpaired) electrons. The van der Waals surface area contributed by atoms with Crippen molar-refractivity contribution < 1.29 is 0 Å². The summed E-state index contributed by atoms with van der Waals surface area (Å²) in [7, 11) is 0. The molecule has 0 saturated carbocycles. The zero-order chi connectivity index (χ0) is 68.6. The average Bonchev–Trinajstić information content (AvgIpc) is 1.37. The van der Waals surface area contributed by atoms with Crippen LogP contribution in [0.1, 0.15) is 0 Å². The molecule has 0 unspecified atom stereocenters. The molecule has 0 saturated heterocycles. The van der Waals surface area contributed by atoms with E-state index in [1.807, 2.05) is 176 Å². The Morgan fingerprint density at radius 2 is 0.392 bits per heavy atom. The van der Waals surface area contributed by atoms with Crippen LogP contribution in [0.4, 0.5) is 0 Å². The van der Waals surface area contributed by atoms with Crippen molar-refractivity contribution in [2.75, 3.05) is 0 Å². The van der Waals surface area contributed by atoms with Crippen LogP contribution in [0.2, 0.25) is 0 Å². The van der Waals surface area contributed by atoms with E-state index in [0.29, 0.717) is 85.0 Å². The van der Waals surface area contributed by atoms with Gasteiger partial charge in [-0.25, -0.2) is 29.9 Å². The first kappa shape index (κ1) is 58.9. The number of fused-ring (bicyclic) bond motifs is 24. The molecule has 0 aliphatic heterocycles. The summed E-state index contributed by atoms with van der Waals surface area (Å²) >= 11 is 22.2. The van der Waals surface area contributed by atoms with Gasteiger partial charge in [0.25, 0.3) is 33.4 Å². The number of benzene rings is 12. The number of pyridine rings is 6. The molecule has 0 amide bonds. The Balaban J connectivity index is 0.0000000967. The highest BCUT2D eigenvalue weighted by Gasteiger charge is 2.30. The number of hydrogen-bond donors (Lipinski definition) is 0. The van der Waals surface area contributed by atoms with Crippen molar-refractivity contribution in [1.29, 1.82) is 0 Å². The molecule has 0 aliphatic carbocycles. The number of nitrogens with zero attached hydrogens (tertiary/aromatic N) is 12. The van der Waals surface area contributed by atoms with Gasteiger partial charge in [0.05, 0.1) is 98.5 Å². The van der Waals surface area contributed by atoms with Crippen LogP contribution in [0.25, 0.3) is 197 Å². The van der Waals surface area contributed by atoms with Gasteiger partial charge in [0.2, 0.25) is 0 Å². The number of hydrogen-bond acceptors (Lipinski definition) is 12. The van der Waals surface area contributed by atoms with Crippen LogP contribution in [-0.2, 0) is 0 Å². The molecule has 12 aromatic heterocycles. The third-order valence-corrected chi connectivity index (χ3v) is 24.0. The van der Waals surface area contributed by atoms with Crippen LogP contribution >= 0.6 is 95.6 Å². The average molecular weight is 1710 g/mol. The molecule has 12 heterocycles. The smallest absolute Gasteiger partial charge is 0.265 e. The second-order valence-electron chi connectivity index (χ2n) is 25.3. The van der Waals surface area contributed by atoms with Crippen molar-refractivity contribution in [2.24, 2.45) is 0 Å². The van der Waals surface area contributed by atoms with Crippen LogP contribution in [0.3, 0.4) is 0 Å². The summed E-state index contributed by atoms with van der Waals surface area (Å²) in [6, 6.07) is 56.8. The normalized spacial score (nSPS) is 12.6. The fourth-order valence-corrected chi connectivity index (χ4v) is 19.8. The van der Waals surface area contributed by atoms with Crippen LogP contribution in [0.15, 0.2) is 238 Å². The predicted octanol–water partition coefficient (Wildman–Crippen LogP) is 17.6. The molecule has 480 valence electrons. The predicted molar refractivity (Wildman–Crippen MR) is 425 cm³/mol. The number of aromatic nitrogens is 12. The van der Waals surface area contributed by atoms with E-state index in [9.17, 15) is 28.8 Å². The molecule has 24 aromatic rings. The van der Waals surface area contributed by atoms with Gasteiger partial charge in [0.15, 0.2) is 0 Å². The standard InChI is InChI=1S/3C26H10Br2N4O2/c27-13-10-12-20-19-11(25(33)31-17-7-3-1-5-15(17)29-23(31)21(13)19)9-14(28)22(20)24-30-16-6-2-4-8-18(16)32(24)26(12)34;27-13-10-12-19-11(23-29-15-5-1-3-7-17(15)31(23)25(12)33)9-14(28)21-22(19)20(13)24-30-16-6-2-4-8-18(16)32(24)26(21)34;27-13-9-11-19-20-12(25(33)32-18-8-4-2-6-16(18)30-24(32)21(13)20)10-14(28)22(19)26(34)31-17-7-3-1-5-15(17)29-23(11)31/h3*1-10H. The third-order valence-electron chi connectivity index (χ3n) is 20.2. The Morgan fingerprint density at radius 1 is 0.196 bits per heavy atom. The largest absolute Gasteiger partial charge is 0.268 e. The van der Waals surface area contributed by atoms with Crippen LogP contribution in [-0.4, -0.2) is 56.3 Å². The molecular weight excluding hydrogens is 1680 g/mol. The van der Waals surface area contributed by atoms with Gasteiger partial charge in [-0.15, -0.1) is 0 Å². The monoisotopic (exact) mass is 1700 g/mol. The molecule has 0 N–H and O–H groups in total. The Bertz CT molecular complexity index is 8110. The fraction of sp³-hybridized carbons (Fsp3) is 0. The quantitative estimate of drug-likeness (QED) is 0.130. The topological polar surface area (TPSA) is 206 Å². The summed E-state index contributed by atoms with van der Waals surface area (Å²) in [6.45, 7) is 0. The highest BCUT2D eigenvalue weighted by atomic mass is 79.9. The number of rotatable bonds is 0. The highest BCUT2D eigenvalue weighted by Crippen LogP contribution is 2.47. The van der Waals surface area contributed by atoms with E-state index in [0.717, 1.165) is 139 Å². The number of halogens is 6. The number of imidazole rings is 6. The van der Waals surface area contributed by atoms with Crippen molar-refractivity contribution in [3.8, 4) is 0 Å². The summed E-state index contributed by atoms with van der Waals surface area (Å²) in [6.07, 6.45) is 0. The SMILES string of the molecule is O=c1c2c(Br)cc3c(=O)n4c5ccccc5nc4c4c(Br)cc(c2c34)c2nc3ccccc3n12.O=c1c2cc(Br)c3c4c(c(Br)cc(c24)c2nc4ccccc4n12)c(=O)n1c2ccccc2nc31.O=c1c2cc(Br)c3c4c(cc(Br)c(c24)c2nc4ccccc4n12)c(=O)n1c2ccccc2nc31. The van der Waals surface area contributed by atoms with Gasteiger partial charge in [-0.1, -0.05) is 72.8 Å². The molecule has 24 heteroatoms. The van der Waals surface area contributed by atoms with Crippen molar-refractivity contribution >= 4 is 293 Å². The second kappa shape index (κ2) is 20.5. The van der Waals surface area contributed by atoms with Gasteiger partial charge in [0.1, 0.15) is 33.9 Å². The van der Waals surface area contributed by atoms with E-state index in [2.05, 4.69) is 95.6 Å². The molecule has 24 rings (SSSR count). The van der Waals surface area contributed by atoms with Crippen molar-refractivity contribution in [2.45, 2.75) is 0 Å². The van der Waals surface area contributed by atoms with Crippen molar-refractivity contribution in [3.63, 3.8) is 0 Å². The van der Waals surface area contributed by atoms with Crippen LogP contribution < -0.4 is 33.4 Å². The Kier molecular flexibility index (Phi) is 11.8. The first-order valence-corrected chi connectivity index (χ1v) is 36.5. The maximum absolute atomic E-state index is 13.9. The van der Waals surface area contributed by atoms with Gasteiger partial charge in [-0.2, -0.15) is 0 Å². The minimum Gasteiger partial charge on any atom is -0.268 e. The minimum absolute atomic E-state index is 0.164. The summed E-state index contributed by atoms with van der Waals surface area (Å²) < 4.78 is 14.1. The van der Waals surface area contributed by atoms with Gasteiger partial charge < -0.3 is 0 Å². The summed E-state index contributed by atoms with van der Waals surface area (Å²) in [5.74, 6) is 0. The molecule has 102 heavy (non-hydrogen) atoms. The summed E-state index contributed by atoms with van der Waals surface area (Å²) in [4.78, 5) is 112. The van der Waals surface area contributed by atoms with Gasteiger partial charge in [0, 0.05) is 91.5 Å². The third kappa shape index (κ3) is 7.34. The molecule has 0 spiro atoms. The maximum Gasteiger partial charge on any atom is 0.265 e. The Labute approximate surface area is 614 Å². The summed E-state index contributed by atoms with van der Waals surface area (Å²) in [5, 5.41) is 12.3. The van der Waals surface area contributed by atoms with E-state index in [4.69, 9.17) is 29.9 Å². The lowest BCUT2D eigenvalue weighted by Crippen LogP contribution is -2.17. The van der Waals surface area contributed by atoms with Crippen LogP contribution in [0.5, 0.6) is 0 Å². The maximum atomic E-state index is 13.9. The lowest BCUT2D eigenvalue weighted by Gasteiger charge is -2.14. The van der Waals surface area contributed by atoms with Crippen LogP contribution in [0, 0.1) is 0 Å². The van der Waals surface area contributed by atoms with Gasteiger partial charge >= 0.3 is 0 Å². The van der Waals surface area contributed by atoms with E-state index < -0.39 is 0 Å². The second-order valence-corrected chi connectivity index (χ2v) is 30.4. The lowest BCUT2D eigenvalue weighted by molar-refractivity contribution is 1.18. The summed E-state index contributed by atoms with van der Waals surface area (Å²) in [5.41, 5.74) is 11.4.